The van der Waals surface area contributed by atoms with Crippen molar-refractivity contribution in [3.63, 3.8) is 0 Å². The zero-order chi connectivity index (χ0) is 17.6. The molecule has 0 saturated carbocycles. The maximum atomic E-state index is 12.3. The number of aromatic nitrogens is 1. The molecule has 128 valence electrons. The van der Waals surface area contributed by atoms with Crippen LogP contribution in [0, 0.1) is 0 Å². The maximum absolute atomic E-state index is 12.3. The van der Waals surface area contributed by atoms with Gasteiger partial charge in [-0.15, -0.1) is 18.3 Å². The van der Waals surface area contributed by atoms with Crippen molar-refractivity contribution < 1.29 is 4.79 Å². The summed E-state index contributed by atoms with van der Waals surface area (Å²) in [6.45, 7) is 4.39. The lowest BCUT2D eigenvalue weighted by Crippen LogP contribution is -2.16. The number of nitrogens with zero attached hydrogens (tertiary/aromatic N) is 2. The van der Waals surface area contributed by atoms with Gasteiger partial charge < -0.3 is 4.57 Å². The monoisotopic (exact) mass is 388 g/mol. The number of benzene rings is 2. The molecule has 0 fully saturated rings. The minimum absolute atomic E-state index is 0.112. The predicted molar refractivity (Wildman–Crippen MR) is 107 cm³/mol. The average molecular weight is 389 g/mol. The fourth-order valence-electron chi connectivity index (χ4n) is 2.37. The van der Waals surface area contributed by atoms with Gasteiger partial charge in [-0.25, -0.2) is 0 Å². The van der Waals surface area contributed by atoms with Crippen molar-refractivity contribution in [3.05, 3.63) is 71.0 Å². The van der Waals surface area contributed by atoms with E-state index in [2.05, 4.69) is 11.6 Å². The highest BCUT2D eigenvalue weighted by molar-refractivity contribution is 7.99. The van der Waals surface area contributed by atoms with Gasteiger partial charge in [0, 0.05) is 28.6 Å². The number of allylic oxidation sites excluding steroid dienone is 1. The van der Waals surface area contributed by atoms with Crippen molar-refractivity contribution in [3.8, 4) is 0 Å². The third-order valence-electron chi connectivity index (χ3n) is 3.50. The minimum atomic E-state index is -0.112. The van der Waals surface area contributed by atoms with Crippen LogP contribution >= 0.6 is 34.7 Å². The van der Waals surface area contributed by atoms with E-state index in [1.54, 1.807) is 17.8 Å². The van der Waals surface area contributed by atoms with Crippen molar-refractivity contribution >= 4 is 50.8 Å². The zero-order valence-electron chi connectivity index (χ0n) is 13.5. The Hall–Kier alpha value is -1.82. The molecule has 25 heavy (non-hydrogen) atoms. The van der Waals surface area contributed by atoms with Crippen LogP contribution in [0.5, 0.6) is 0 Å². The Morgan fingerprint density at radius 2 is 2.08 bits per heavy atom. The molecule has 0 aliphatic carbocycles. The van der Waals surface area contributed by atoms with Crippen LogP contribution < -0.4 is 4.80 Å². The summed E-state index contributed by atoms with van der Waals surface area (Å²) in [6.07, 6.45) is 2.21. The third kappa shape index (κ3) is 4.63. The number of thioether (sulfide) groups is 1. The van der Waals surface area contributed by atoms with Gasteiger partial charge in [0.2, 0.25) is 5.91 Å². The number of hydrogen-bond donors (Lipinski definition) is 0. The van der Waals surface area contributed by atoms with Crippen molar-refractivity contribution in [2.75, 3.05) is 5.75 Å². The molecule has 3 rings (SSSR count). The fraction of sp³-hybridized carbons (Fsp3) is 0.158. The molecule has 0 spiro atoms. The van der Waals surface area contributed by atoms with Crippen LogP contribution in [0.25, 0.3) is 10.2 Å². The van der Waals surface area contributed by atoms with E-state index < -0.39 is 0 Å². The number of fused-ring (bicyclic) bond motifs is 1. The second-order valence-corrected chi connectivity index (χ2v) is 7.93. The number of rotatable bonds is 6. The van der Waals surface area contributed by atoms with Crippen LogP contribution in [0.15, 0.2) is 71.1 Å². The van der Waals surface area contributed by atoms with Gasteiger partial charge >= 0.3 is 0 Å². The Bertz CT molecular complexity index is 960. The minimum Gasteiger partial charge on any atom is -0.313 e. The molecule has 0 bridgehead atoms. The predicted octanol–water partition coefficient (Wildman–Crippen LogP) is 5.15. The van der Waals surface area contributed by atoms with E-state index in [0.717, 1.165) is 15.1 Å². The summed E-state index contributed by atoms with van der Waals surface area (Å²) in [7, 11) is 0. The van der Waals surface area contributed by atoms with E-state index in [9.17, 15) is 4.79 Å². The topological polar surface area (TPSA) is 34.4 Å². The van der Waals surface area contributed by atoms with Gasteiger partial charge in [-0.1, -0.05) is 47.2 Å². The van der Waals surface area contributed by atoms with Crippen LogP contribution in [0.1, 0.15) is 6.42 Å². The van der Waals surface area contributed by atoms with E-state index in [0.29, 0.717) is 28.5 Å². The molecule has 0 aliphatic rings. The Kier molecular flexibility index (Phi) is 6.13. The van der Waals surface area contributed by atoms with E-state index >= 15 is 0 Å². The van der Waals surface area contributed by atoms with Crippen LogP contribution in [-0.4, -0.2) is 16.2 Å². The van der Waals surface area contributed by atoms with E-state index in [1.807, 2.05) is 53.1 Å². The van der Waals surface area contributed by atoms with Gasteiger partial charge in [0.1, 0.15) is 0 Å². The second-order valence-electron chi connectivity index (χ2n) is 5.31. The third-order valence-corrected chi connectivity index (χ3v) is 5.79. The lowest BCUT2D eigenvalue weighted by Gasteiger charge is -2.01. The second kappa shape index (κ2) is 8.52. The number of amides is 1. The molecular weight excluding hydrogens is 372 g/mol. The summed E-state index contributed by atoms with van der Waals surface area (Å²) in [4.78, 5) is 18.4. The average Bonchev–Trinajstić information content (AvgIpc) is 2.92. The summed E-state index contributed by atoms with van der Waals surface area (Å²) in [5.41, 5.74) is 1.01. The standard InChI is InChI=1S/C19H17ClN2OS2/c1-2-11-22-16-9-8-14(20)13-17(16)25-19(22)21-18(23)10-12-24-15-6-4-3-5-7-15/h2-9,13H,1,10-12H2. The fourth-order valence-corrected chi connectivity index (χ4v) is 4.57. The number of carbonyl (C=O) groups excluding carboxylic acids is 1. The first-order valence-electron chi connectivity index (χ1n) is 7.82. The van der Waals surface area contributed by atoms with Gasteiger partial charge in [0.15, 0.2) is 4.80 Å². The molecule has 0 aliphatic heterocycles. The van der Waals surface area contributed by atoms with Crippen LogP contribution in [0.3, 0.4) is 0 Å². The number of carbonyl (C=O) groups is 1. The molecule has 0 N–H and O–H groups in total. The Labute approximate surface area is 159 Å². The maximum Gasteiger partial charge on any atom is 0.249 e. The highest BCUT2D eigenvalue weighted by Gasteiger charge is 2.08. The molecule has 3 nitrogen and oxygen atoms in total. The molecule has 2 aromatic carbocycles. The van der Waals surface area contributed by atoms with Gasteiger partial charge in [-0.2, -0.15) is 4.99 Å². The summed E-state index contributed by atoms with van der Waals surface area (Å²) < 4.78 is 3.01. The van der Waals surface area contributed by atoms with Gasteiger partial charge in [-0.05, 0) is 30.3 Å². The van der Waals surface area contributed by atoms with Crippen molar-refractivity contribution in [2.45, 2.75) is 17.9 Å². The smallest absolute Gasteiger partial charge is 0.249 e. The highest BCUT2D eigenvalue weighted by Crippen LogP contribution is 2.22. The Morgan fingerprint density at radius 1 is 1.28 bits per heavy atom. The highest BCUT2D eigenvalue weighted by atomic mass is 35.5. The van der Waals surface area contributed by atoms with E-state index in [-0.39, 0.29) is 5.91 Å². The number of thiazole rings is 1. The normalized spacial score (nSPS) is 11.8. The van der Waals surface area contributed by atoms with Crippen molar-refractivity contribution in [1.82, 2.24) is 4.57 Å². The molecule has 6 heteroatoms. The summed E-state index contributed by atoms with van der Waals surface area (Å²) in [6, 6.07) is 15.8. The lowest BCUT2D eigenvalue weighted by atomic mass is 10.3. The van der Waals surface area contributed by atoms with Crippen LogP contribution in [-0.2, 0) is 11.3 Å². The largest absolute Gasteiger partial charge is 0.313 e. The van der Waals surface area contributed by atoms with Gasteiger partial charge in [0.25, 0.3) is 0 Å². The molecule has 0 saturated heterocycles. The van der Waals surface area contributed by atoms with Gasteiger partial charge in [0.05, 0.1) is 10.2 Å². The summed E-state index contributed by atoms with van der Waals surface area (Å²) in [5, 5.41) is 0.677. The Morgan fingerprint density at radius 3 is 2.84 bits per heavy atom. The first-order chi connectivity index (χ1) is 12.2. The van der Waals surface area contributed by atoms with Gasteiger partial charge in [-0.3, -0.25) is 4.79 Å². The van der Waals surface area contributed by atoms with Crippen molar-refractivity contribution in [2.24, 2.45) is 4.99 Å². The number of halogens is 1. The van der Waals surface area contributed by atoms with Crippen LogP contribution in [0.2, 0.25) is 5.02 Å². The lowest BCUT2D eigenvalue weighted by molar-refractivity contribution is -0.117. The first-order valence-corrected chi connectivity index (χ1v) is 10.0. The SMILES string of the molecule is C=CCn1c(=NC(=O)CCSc2ccccc2)sc2cc(Cl)ccc21. The van der Waals surface area contributed by atoms with Crippen LogP contribution in [0.4, 0.5) is 0 Å². The molecular formula is C19H17ClN2OS2. The quantitative estimate of drug-likeness (QED) is 0.432. The Balaban J connectivity index is 1.78. The summed E-state index contributed by atoms with van der Waals surface area (Å²) >= 11 is 9.20. The first kappa shape index (κ1) is 18.0. The molecule has 1 amide bonds. The molecule has 0 unspecified atom stereocenters. The van der Waals surface area contributed by atoms with E-state index in [4.69, 9.17) is 11.6 Å². The molecule has 0 radical (unpaired) electrons. The molecule has 0 atom stereocenters. The molecule has 3 aromatic rings. The number of hydrogen-bond acceptors (Lipinski definition) is 3. The molecule has 1 aromatic heterocycles. The van der Waals surface area contributed by atoms with E-state index in [1.165, 1.54) is 11.3 Å². The van der Waals surface area contributed by atoms with Crippen molar-refractivity contribution in [1.29, 1.82) is 0 Å². The summed E-state index contributed by atoms with van der Waals surface area (Å²) in [5.74, 6) is 0.601. The zero-order valence-corrected chi connectivity index (χ0v) is 15.9. The molecule has 1 heterocycles.